The summed E-state index contributed by atoms with van der Waals surface area (Å²) in [6.45, 7) is 2.65. The maximum absolute atomic E-state index is 13.5. The van der Waals surface area contributed by atoms with Crippen LogP contribution in [0.2, 0.25) is 0 Å². The van der Waals surface area contributed by atoms with Crippen LogP contribution >= 0.6 is 15.9 Å². The molecule has 0 saturated carbocycles. The number of benzene rings is 1. The number of rotatable bonds is 1. The molecule has 1 aliphatic rings. The van der Waals surface area contributed by atoms with Gasteiger partial charge in [-0.1, -0.05) is 22.9 Å². The highest BCUT2D eigenvalue weighted by Crippen LogP contribution is 2.30. The first kappa shape index (κ1) is 10.1. The van der Waals surface area contributed by atoms with Gasteiger partial charge < -0.3 is 4.84 Å². The second kappa shape index (κ2) is 3.96. The van der Waals surface area contributed by atoms with Crippen LogP contribution in [0, 0.1) is 11.7 Å². The molecule has 0 amide bonds. The third kappa shape index (κ3) is 1.82. The lowest BCUT2D eigenvalue weighted by molar-refractivity contribution is 0.0860. The van der Waals surface area contributed by atoms with E-state index in [2.05, 4.69) is 21.4 Å². The van der Waals surface area contributed by atoms with Crippen LogP contribution in [0.5, 0.6) is 0 Å². The van der Waals surface area contributed by atoms with Gasteiger partial charge in [0.05, 0.1) is 12.6 Å². The molecule has 0 radical (unpaired) electrons. The van der Waals surface area contributed by atoms with E-state index in [4.69, 9.17) is 4.84 Å². The summed E-state index contributed by atoms with van der Waals surface area (Å²) in [5, 5.41) is 0. The monoisotopic (exact) mass is 259 g/mol. The number of halogens is 2. The van der Waals surface area contributed by atoms with E-state index in [1.807, 2.05) is 6.92 Å². The Bertz CT molecular complexity index is 345. The Morgan fingerprint density at radius 2 is 2.36 bits per heavy atom. The van der Waals surface area contributed by atoms with E-state index in [0.29, 0.717) is 18.1 Å². The highest BCUT2D eigenvalue weighted by molar-refractivity contribution is 9.10. The molecule has 1 aromatic rings. The summed E-state index contributed by atoms with van der Waals surface area (Å²) < 4.78 is 14.4. The molecule has 1 aromatic carbocycles. The lowest BCUT2D eigenvalue weighted by atomic mass is 9.96. The lowest BCUT2D eigenvalue weighted by Gasteiger charge is -2.14. The fourth-order valence-corrected chi connectivity index (χ4v) is 1.98. The molecule has 2 atom stereocenters. The van der Waals surface area contributed by atoms with Crippen molar-refractivity contribution in [1.82, 2.24) is 5.48 Å². The molecule has 2 rings (SSSR count). The normalized spacial score (nSPS) is 26.8. The number of hydrogen-bond donors (Lipinski definition) is 1. The minimum Gasteiger partial charge on any atom is -0.301 e. The van der Waals surface area contributed by atoms with Crippen molar-refractivity contribution in [2.24, 2.45) is 5.92 Å². The molecule has 0 spiro atoms. The van der Waals surface area contributed by atoms with E-state index in [9.17, 15) is 4.39 Å². The van der Waals surface area contributed by atoms with Gasteiger partial charge in [0, 0.05) is 16.0 Å². The summed E-state index contributed by atoms with van der Waals surface area (Å²) in [5.41, 5.74) is 3.49. The molecule has 2 nitrogen and oxygen atoms in total. The Hall–Kier alpha value is -0.450. The molecule has 0 aromatic heterocycles. The van der Waals surface area contributed by atoms with Crippen LogP contribution in [-0.4, -0.2) is 6.61 Å². The maximum Gasteiger partial charge on any atom is 0.128 e. The molecule has 1 fully saturated rings. The number of nitrogens with one attached hydrogen (secondary N) is 1. The molecule has 14 heavy (non-hydrogen) atoms. The first-order valence-corrected chi connectivity index (χ1v) is 5.30. The van der Waals surface area contributed by atoms with Crippen LogP contribution in [0.25, 0.3) is 0 Å². The lowest BCUT2D eigenvalue weighted by Crippen LogP contribution is -2.17. The zero-order chi connectivity index (χ0) is 10.1. The summed E-state index contributed by atoms with van der Waals surface area (Å²) in [7, 11) is 0. The molecule has 4 heteroatoms. The van der Waals surface area contributed by atoms with Gasteiger partial charge >= 0.3 is 0 Å². The summed E-state index contributed by atoms with van der Waals surface area (Å²) in [6, 6.07) is 4.90. The summed E-state index contributed by atoms with van der Waals surface area (Å²) in [4.78, 5) is 5.09. The van der Waals surface area contributed by atoms with E-state index in [-0.39, 0.29) is 11.9 Å². The van der Waals surface area contributed by atoms with Gasteiger partial charge in [-0.25, -0.2) is 4.39 Å². The number of hydroxylamine groups is 1. The van der Waals surface area contributed by atoms with Crippen LogP contribution in [0.4, 0.5) is 4.39 Å². The standard InChI is InChI=1S/C10H11BrFNO/c1-6-5-14-13-10(6)8-4-7(11)2-3-9(8)12/h2-4,6,10,13H,5H2,1H3/t6?,10-/m0/s1. The highest BCUT2D eigenvalue weighted by Gasteiger charge is 2.27. The highest BCUT2D eigenvalue weighted by atomic mass is 79.9. The van der Waals surface area contributed by atoms with Crippen molar-refractivity contribution in [3.63, 3.8) is 0 Å². The topological polar surface area (TPSA) is 21.3 Å². The Balaban J connectivity index is 2.34. The van der Waals surface area contributed by atoms with Crippen molar-refractivity contribution >= 4 is 15.9 Å². The smallest absolute Gasteiger partial charge is 0.128 e. The van der Waals surface area contributed by atoms with Gasteiger partial charge in [0.2, 0.25) is 0 Å². The molecule has 1 saturated heterocycles. The molecular weight excluding hydrogens is 249 g/mol. The van der Waals surface area contributed by atoms with Crippen molar-refractivity contribution in [2.75, 3.05) is 6.61 Å². The molecule has 1 aliphatic heterocycles. The zero-order valence-electron chi connectivity index (χ0n) is 7.76. The second-order valence-corrected chi connectivity index (χ2v) is 4.47. The maximum atomic E-state index is 13.5. The summed E-state index contributed by atoms with van der Waals surface area (Å²) in [6.07, 6.45) is 0. The SMILES string of the molecule is CC1CON[C@@H]1c1cc(Br)ccc1F. The van der Waals surface area contributed by atoms with E-state index < -0.39 is 0 Å². The van der Waals surface area contributed by atoms with Crippen molar-refractivity contribution in [2.45, 2.75) is 13.0 Å². The molecular formula is C10H11BrFNO. The van der Waals surface area contributed by atoms with Crippen molar-refractivity contribution < 1.29 is 9.23 Å². The van der Waals surface area contributed by atoms with Gasteiger partial charge in [0.1, 0.15) is 5.82 Å². The fraction of sp³-hybridized carbons (Fsp3) is 0.400. The van der Waals surface area contributed by atoms with Crippen molar-refractivity contribution in [3.05, 3.63) is 34.1 Å². The minimum atomic E-state index is -0.192. The molecule has 0 bridgehead atoms. The predicted octanol–water partition coefficient (Wildman–Crippen LogP) is 2.80. The fourth-order valence-electron chi connectivity index (χ4n) is 1.60. The van der Waals surface area contributed by atoms with Crippen LogP contribution in [0.15, 0.2) is 22.7 Å². The molecule has 1 N–H and O–H groups in total. The third-order valence-electron chi connectivity index (χ3n) is 2.42. The Morgan fingerprint density at radius 3 is 3.00 bits per heavy atom. The number of hydrogen-bond acceptors (Lipinski definition) is 2. The zero-order valence-corrected chi connectivity index (χ0v) is 9.34. The Kier molecular flexibility index (Phi) is 2.85. The predicted molar refractivity (Wildman–Crippen MR) is 55.1 cm³/mol. The molecule has 1 heterocycles. The second-order valence-electron chi connectivity index (χ2n) is 3.55. The quantitative estimate of drug-likeness (QED) is 0.838. The van der Waals surface area contributed by atoms with E-state index in [0.717, 1.165) is 4.47 Å². The van der Waals surface area contributed by atoms with Crippen molar-refractivity contribution in [1.29, 1.82) is 0 Å². The van der Waals surface area contributed by atoms with E-state index in [1.54, 1.807) is 12.1 Å². The molecule has 0 aliphatic carbocycles. The van der Waals surface area contributed by atoms with Gasteiger partial charge in [-0.3, -0.25) is 0 Å². The minimum absolute atomic E-state index is 0.0486. The van der Waals surface area contributed by atoms with Gasteiger partial charge in [0.25, 0.3) is 0 Å². The summed E-state index contributed by atoms with van der Waals surface area (Å²) in [5.74, 6) is 0.0989. The van der Waals surface area contributed by atoms with Gasteiger partial charge in [-0.15, -0.1) is 0 Å². The van der Waals surface area contributed by atoms with E-state index in [1.165, 1.54) is 6.07 Å². The van der Waals surface area contributed by atoms with Crippen LogP contribution in [0.3, 0.4) is 0 Å². The average Bonchev–Trinajstić information content (AvgIpc) is 2.56. The Labute approximate surface area is 90.5 Å². The average molecular weight is 260 g/mol. The van der Waals surface area contributed by atoms with Gasteiger partial charge in [-0.05, 0) is 18.2 Å². The van der Waals surface area contributed by atoms with Crippen LogP contribution < -0.4 is 5.48 Å². The summed E-state index contributed by atoms with van der Waals surface area (Å²) >= 11 is 3.33. The first-order chi connectivity index (χ1) is 6.68. The van der Waals surface area contributed by atoms with Crippen molar-refractivity contribution in [3.8, 4) is 0 Å². The largest absolute Gasteiger partial charge is 0.301 e. The first-order valence-electron chi connectivity index (χ1n) is 4.51. The van der Waals surface area contributed by atoms with Crippen LogP contribution in [-0.2, 0) is 4.84 Å². The van der Waals surface area contributed by atoms with Gasteiger partial charge in [-0.2, -0.15) is 5.48 Å². The van der Waals surface area contributed by atoms with Crippen LogP contribution in [0.1, 0.15) is 18.5 Å². The molecule has 1 unspecified atom stereocenters. The Morgan fingerprint density at radius 1 is 1.57 bits per heavy atom. The van der Waals surface area contributed by atoms with Gasteiger partial charge in [0.15, 0.2) is 0 Å². The molecule has 76 valence electrons. The third-order valence-corrected chi connectivity index (χ3v) is 2.91. The van der Waals surface area contributed by atoms with E-state index >= 15 is 0 Å².